The molecular formula is C9H9ClN2O2. The summed E-state index contributed by atoms with van der Waals surface area (Å²) in [5.74, 6) is 0.524. The molecule has 14 heavy (non-hydrogen) atoms. The summed E-state index contributed by atoms with van der Waals surface area (Å²) >= 11 is 0. The predicted octanol–water partition coefficient (Wildman–Crippen LogP) is 1.77. The van der Waals surface area contributed by atoms with Crippen LogP contribution in [0, 0.1) is 0 Å². The number of aromatic hydroxyl groups is 1. The Balaban J connectivity index is 0.000000980. The van der Waals surface area contributed by atoms with Crippen molar-refractivity contribution in [2.45, 2.75) is 0 Å². The van der Waals surface area contributed by atoms with E-state index in [-0.39, 0.29) is 18.2 Å². The number of aromatic nitrogens is 2. The second-order valence-corrected chi connectivity index (χ2v) is 2.61. The SMILES string of the molecule is COc1cc2cncnc2cc1O.Cl. The van der Waals surface area contributed by atoms with Crippen LogP contribution < -0.4 is 4.74 Å². The Morgan fingerprint density at radius 1 is 1.36 bits per heavy atom. The average molecular weight is 213 g/mol. The summed E-state index contributed by atoms with van der Waals surface area (Å²) in [6, 6.07) is 3.25. The standard InChI is InChI=1S/C9H8N2O2.ClH/c1-13-9-2-6-4-10-5-11-7(6)3-8(9)12;/h2-5,12H,1H3;1H. The van der Waals surface area contributed by atoms with Crippen molar-refractivity contribution in [1.82, 2.24) is 9.97 Å². The topological polar surface area (TPSA) is 55.2 Å². The van der Waals surface area contributed by atoms with Crippen LogP contribution in [-0.2, 0) is 0 Å². The molecule has 4 nitrogen and oxygen atoms in total. The normalized spacial score (nSPS) is 9.50. The highest BCUT2D eigenvalue weighted by Gasteiger charge is 2.03. The summed E-state index contributed by atoms with van der Waals surface area (Å²) in [7, 11) is 1.50. The van der Waals surface area contributed by atoms with Gasteiger partial charge in [-0.05, 0) is 6.07 Å². The summed E-state index contributed by atoms with van der Waals surface area (Å²) in [4.78, 5) is 7.86. The molecule has 0 aliphatic heterocycles. The maximum Gasteiger partial charge on any atom is 0.161 e. The third-order valence-corrected chi connectivity index (χ3v) is 1.81. The molecule has 0 saturated carbocycles. The van der Waals surface area contributed by atoms with Gasteiger partial charge in [0, 0.05) is 17.6 Å². The molecule has 1 aromatic carbocycles. The third kappa shape index (κ3) is 1.70. The fraction of sp³-hybridized carbons (Fsp3) is 0.111. The Morgan fingerprint density at radius 3 is 2.86 bits per heavy atom. The number of hydrogen-bond acceptors (Lipinski definition) is 4. The second-order valence-electron chi connectivity index (χ2n) is 2.61. The van der Waals surface area contributed by atoms with Gasteiger partial charge >= 0.3 is 0 Å². The number of hydrogen-bond donors (Lipinski definition) is 1. The Labute approximate surface area is 87.0 Å². The predicted molar refractivity (Wildman–Crippen MR) is 55.0 cm³/mol. The van der Waals surface area contributed by atoms with Crippen LogP contribution in [0.3, 0.4) is 0 Å². The number of nitrogens with zero attached hydrogens (tertiary/aromatic N) is 2. The van der Waals surface area contributed by atoms with E-state index in [4.69, 9.17) is 4.74 Å². The highest BCUT2D eigenvalue weighted by molar-refractivity contribution is 5.85. The largest absolute Gasteiger partial charge is 0.504 e. The van der Waals surface area contributed by atoms with Crippen LogP contribution in [0.15, 0.2) is 24.7 Å². The van der Waals surface area contributed by atoms with Gasteiger partial charge < -0.3 is 9.84 Å². The van der Waals surface area contributed by atoms with E-state index < -0.39 is 0 Å². The van der Waals surface area contributed by atoms with Crippen LogP contribution in [0.25, 0.3) is 10.9 Å². The van der Waals surface area contributed by atoms with Crippen molar-refractivity contribution in [2.75, 3.05) is 7.11 Å². The molecule has 0 aliphatic carbocycles. The molecule has 0 saturated heterocycles. The van der Waals surface area contributed by atoms with Crippen molar-refractivity contribution in [2.24, 2.45) is 0 Å². The zero-order valence-corrected chi connectivity index (χ0v) is 8.28. The van der Waals surface area contributed by atoms with Gasteiger partial charge in [0.2, 0.25) is 0 Å². The molecule has 0 amide bonds. The van der Waals surface area contributed by atoms with Gasteiger partial charge in [-0.2, -0.15) is 0 Å². The van der Waals surface area contributed by atoms with E-state index in [0.29, 0.717) is 11.3 Å². The van der Waals surface area contributed by atoms with E-state index in [0.717, 1.165) is 5.39 Å². The Hall–Kier alpha value is -1.55. The summed E-state index contributed by atoms with van der Waals surface area (Å²) in [6.45, 7) is 0. The molecule has 5 heteroatoms. The number of methoxy groups -OCH3 is 1. The van der Waals surface area contributed by atoms with E-state index in [1.165, 1.54) is 13.4 Å². The monoisotopic (exact) mass is 212 g/mol. The Bertz CT molecular complexity index is 448. The molecule has 1 heterocycles. The van der Waals surface area contributed by atoms with Gasteiger partial charge in [-0.1, -0.05) is 0 Å². The molecule has 0 spiro atoms. The van der Waals surface area contributed by atoms with Crippen LogP contribution in [-0.4, -0.2) is 22.2 Å². The molecule has 1 aromatic heterocycles. The van der Waals surface area contributed by atoms with Crippen LogP contribution >= 0.6 is 12.4 Å². The van der Waals surface area contributed by atoms with Crippen molar-refractivity contribution in [3.63, 3.8) is 0 Å². The summed E-state index contributed by atoms with van der Waals surface area (Å²) in [5.41, 5.74) is 0.702. The van der Waals surface area contributed by atoms with Crippen molar-refractivity contribution in [3.8, 4) is 11.5 Å². The minimum absolute atomic E-state index is 0. The van der Waals surface area contributed by atoms with Crippen LogP contribution in [0.2, 0.25) is 0 Å². The van der Waals surface area contributed by atoms with Crippen LogP contribution in [0.4, 0.5) is 0 Å². The third-order valence-electron chi connectivity index (χ3n) is 1.81. The lowest BCUT2D eigenvalue weighted by molar-refractivity contribution is 0.374. The van der Waals surface area contributed by atoms with Gasteiger partial charge in [-0.3, -0.25) is 0 Å². The number of ether oxygens (including phenoxy) is 1. The first-order valence-corrected chi connectivity index (χ1v) is 3.78. The van der Waals surface area contributed by atoms with Gasteiger partial charge in [-0.15, -0.1) is 12.4 Å². The van der Waals surface area contributed by atoms with Gasteiger partial charge in [0.15, 0.2) is 11.5 Å². The number of rotatable bonds is 1. The number of phenolic OH excluding ortho intramolecular Hbond substituents is 1. The molecule has 2 aromatic rings. The number of halogens is 1. The molecule has 0 aliphatic rings. The minimum Gasteiger partial charge on any atom is -0.504 e. The Morgan fingerprint density at radius 2 is 2.14 bits per heavy atom. The van der Waals surface area contributed by atoms with E-state index in [9.17, 15) is 5.11 Å². The maximum absolute atomic E-state index is 9.42. The zero-order valence-electron chi connectivity index (χ0n) is 7.47. The first-order chi connectivity index (χ1) is 6.31. The molecule has 0 atom stereocenters. The van der Waals surface area contributed by atoms with E-state index in [2.05, 4.69) is 9.97 Å². The van der Waals surface area contributed by atoms with E-state index in [1.54, 1.807) is 18.3 Å². The summed E-state index contributed by atoms with van der Waals surface area (Å²) < 4.78 is 4.95. The summed E-state index contributed by atoms with van der Waals surface area (Å²) in [5, 5.41) is 10.3. The quantitative estimate of drug-likeness (QED) is 0.783. The smallest absolute Gasteiger partial charge is 0.161 e. The van der Waals surface area contributed by atoms with Crippen LogP contribution in [0.1, 0.15) is 0 Å². The van der Waals surface area contributed by atoms with Crippen molar-refractivity contribution in [3.05, 3.63) is 24.7 Å². The molecule has 0 fully saturated rings. The Kier molecular flexibility index (Phi) is 3.09. The lowest BCUT2D eigenvalue weighted by Gasteiger charge is -2.03. The lowest BCUT2D eigenvalue weighted by atomic mass is 10.2. The molecule has 74 valence electrons. The van der Waals surface area contributed by atoms with Gasteiger partial charge in [0.05, 0.1) is 12.6 Å². The van der Waals surface area contributed by atoms with Crippen molar-refractivity contribution < 1.29 is 9.84 Å². The maximum atomic E-state index is 9.42. The van der Waals surface area contributed by atoms with Gasteiger partial charge in [0.1, 0.15) is 6.33 Å². The highest BCUT2D eigenvalue weighted by Crippen LogP contribution is 2.29. The molecule has 0 bridgehead atoms. The van der Waals surface area contributed by atoms with Gasteiger partial charge in [0.25, 0.3) is 0 Å². The van der Waals surface area contributed by atoms with Crippen LogP contribution in [0.5, 0.6) is 11.5 Å². The van der Waals surface area contributed by atoms with E-state index in [1.807, 2.05) is 0 Å². The first-order valence-electron chi connectivity index (χ1n) is 3.78. The number of fused-ring (bicyclic) bond motifs is 1. The van der Waals surface area contributed by atoms with Crippen molar-refractivity contribution in [1.29, 1.82) is 0 Å². The second kappa shape index (κ2) is 4.11. The summed E-state index contributed by atoms with van der Waals surface area (Å²) in [6.07, 6.45) is 3.11. The average Bonchev–Trinajstić information content (AvgIpc) is 2.17. The van der Waals surface area contributed by atoms with Gasteiger partial charge in [-0.25, -0.2) is 9.97 Å². The molecule has 2 rings (SSSR count). The molecule has 1 N–H and O–H groups in total. The number of benzene rings is 1. The first kappa shape index (κ1) is 10.5. The lowest BCUT2D eigenvalue weighted by Crippen LogP contribution is -1.86. The zero-order chi connectivity index (χ0) is 9.26. The fourth-order valence-corrected chi connectivity index (χ4v) is 1.16. The van der Waals surface area contributed by atoms with Crippen molar-refractivity contribution >= 4 is 23.3 Å². The molecule has 0 unspecified atom stereocenters. The molecule has 0 radical (unpaired) electrons. The highest BCUT2D eigenvalue weighted by atomic mass is 35.5. The fourth-order valence-electron chi connectivity index (χ4n) is 1.16. The molecular weight excluding hydrogens is 204 g/mol. The number of phenols is 1. The van der Waals surface area contributed by atoms with E-state index >= 15 is 0 Å². The minimum atomic E-state index is 0.